The van der Waals surface area contributed by atoms with Crippen molar-refractivity contribution in [1.29, 1.82) is 0 Å². The summed E-state index contributed by atoms with van der Waals surface area (Å²) in [6.45, 7) is 7.60. The standard InChI is InChI=1S/C18H30N4O2/c1-12(2)10-19-17(20-11-14(23)22(3)4)21-15-13-6-9-24-16(13)18(15)7-5-8-18/h13,15-16H,1,5-11H2,2-4H3,(H2,19,20,21). The number of aliphatic imine (C=N–C) groups is 1. The van der Waals surface area contributed by atoms with Crippen molar-refractivity contribution in [3.63, 3.8) is 0 Å². The molecule has 0 radical (unpaired) electrons. The van der Waals surface area contributed by atoms with Crippen LogP contribution in [0.1, 0.15) is 32.6 Å². The minimum atomic E-state index is 0.000433. The highest BCUT2D eigenvalue weighted by Gasteiger charge is 2.66. The summed E-state index contributed by atoms with van der Waals surface area (Å²) in [4.78, 5) is 17.9. The van der Waals surface area contributed by atoms with Crippen LogP contribution in [0.15, 0.2) is 17.1 Å². The average molecular weight is 334 g/mol. The molecule has 1 amide bonds. The zero-order valence-electron chi connectivity index (χ0n) is 15.1. The number of nitrogens with one attached hydrogen (secondary N) is 2. The third-order valence-corrected chi connectivity index (χ3v) is 5.76. The molecular formula is C18H30N4O2. The van der Waals surface area contributed by atoms with Gasteiger partial charge in [0.2, 0.25) is 5.91 Å². The quantitative estimate of drug-likeness (QED) is 0.450. The van der Waals surface area contributed by atoms with Crippen LogP contribution in [-0.4, -0.2) is 62.7 Å². The van der Waals surface area contributed by atoms with E-state index in [1.54, 1.807) is 19.0 Å². The van der Waals surface area contributed by atoms with Gasteiger partial charge in [-0.1, -0.05) is 18.6 Å². The lowest BCUT2D eigenvalue weighted by molar-refractivity contribution is -0.171. The van der Waals surface area contributed by atoms with Crippen LogP contribution in [-0.2, 0) is 9.53 Å². The molecule has 0 bridgehead atoms. The van der Waals surface area contributed by atoms with E-state index in [0.29, 0.717) is 30.0 Å². The Balaban J connectivity index is 1.67. The van der Waals surface area contributed by atoms with Crippen LogP contribution < -0.4 is 10.6 Å². The minimum Gasteiger partial charge on any atom is -0.377 e. The lowest BCUT2D eigenvalue weighted by Crippen LogP contribution is -2.72. The van der Waals surface area contributed by atoms with Gasteiger partial charge in [0.1, 0.15) is 6.54 Å². The summed E-state index contributed by atoms with van der Waals surface area (Å²) in [5, 5.41) is 6.92. The van der Waals surface area contributed by atoms with Crippen molar-refractivity contribution in [1.82, 2.24) is 15.5 Å². The van der Waals surface area contributed by atoms with Gasteiger partial charge in [0.25, 0.3) is 0 Å². The van der Waals surface area contributed by atoms with Gasteiger partial charge in [0.15, 0.2) is 5.96 Å². The van der Waals surface area contributed by atoms with Gasteiger partial charge < -0.3 is 20.3 Å². The zero-order chi connectivity index (χ0) is 17.3. The molecule has 6 heteroatoms. The highest BCUT2D eigenvalue weighted by atomic mass is 16.5. The summed E-state index contributed by atoms with van der Waals surface area (Å²) >= 11 is 0. The zero-order valence-corrected chi connectivity index (χ0v) is 15.1. The number of carbonyl (C=O) groups excluding carboxylic acids is 1. The fraction of sp³-hybridized carbons (Fsp3) is 0.778. The molecule has 6 nitrogen and oxygen atoms in total. The molecule has 3 unspecified atom stereocenters. The fourth-order valence-corrected chi connectivity index (χ4v) is 4.28. The van der Waals surface area contributed by atoms with Gasteiger partial charge in [-0.3, -0.25) is 4.79 Å². The molecule has 1 saturated heterocycles. The molecule has 1 aliphatic heterocycles. The maximum Gasteiger partial charge on any atom is 0.243 e. The number of rotatable bonds is 5. The maximum atomic E-state index is 11.9. The molecule has 0 aromatic rings. The Morgan fingerprint density at radius 2 is 2.17 bits per heavy atom. The molecule has 2 aliphatic carbocycles. The molecule has 2 N–H and O–H groups in total. The Kier molecular flexibility index (Phi) is 4.85. The lowest BCUT2D eigenvalue weighted by atomic mass is 9.46. The number of ether oxygens (including phenoxy) is 1. The number of nitrogens with zero attached hydrogens (tertiary/aromatic N) is 2. The van der Waals surface area contributed by atoms with E-state index < -0.39 is 0 Å². The summed E-state index contributed by atoms with van der Waals surface area (Å²) in [6.07, 6.45) is 5.30. The number of amides is 1. The number of likely N-dealkylation sites (N-methyl/N-ethyl adjacent to an activating group) is 1. The van der Waals surface area contributed by atoms with Crippen LogP contribution in [0, 0.1) is 11.3 Å². The Bertz CT molecular complexity index is 539. The van der Waals surface area contributed by atoms with E-state index in [4.69, 9.17) is 4.74 Å². The molecule has 1 spiro atoms. The second kappa shape index (κ2) is 6.75. The third-order valence-electron chi connectivity index (χ3n) is 5.76. The Hall–Kier alpha value is -1.56. The normalized spacial score (nSPS) is 30.1. The Labute approximate surface area is 144 Å². The molecule has 0 aromatic heterocycles. The molecule has 2 saturated carbocycles. The van der Waals surface area contributed by atoms with E-state index >= 15 is 0 Å². The van der Waals surface area contributed by atoms with Crippen molar-refractivity contribution in [3.8, 4) is 0 Å². The highest BCUT2D eigenvalue weighted by Crippen LogP contribution is 2.62. The van der Waals surface area contributed by atoms with Crippen LogP contribution in [0.2, 0.25) is 0 Å². The van der Waals surface area contributed by atoms with Gasteiger partial charge in [0, 0.05) is 44.6 Å². The van der Waals surface area contributed by atoms with Crippen LogP contribution in [0.25, 0.3) is 0 Å². The first kappa shape index (κ1) is 17.3. The first-order valence-corrected chi connectivity index (χ1v) is 8.95. The van der Waals surface area contributed by atoms with Gasteiger partial charge in [-0.05, 0) is 26.2 Å². The summed E-state index contributed by atoms with van der Waals surface area (Å²) < 4.78 is 5.97. The smallest absolute Gasteiger partial charge is 0.243 e. The van der Waals surface area contributed by atoms with Gasteiger partial charge >= 0.3 is 0 Å². The minimum absolute atomic E-state index is 0.000433. The van der Waals surface area contributed by atoms with Crippen molar-refractivity contribution >= 4 is 11.9 Å². The molecule has 0 aromatic carbocycles. The van der Waals surface area contributed by atoms with E-state index in [2.05, 4.69) is 22.2 Å². The van der Waals surface area contributed by atoms with E-state index in [0.717, 1.165) is 24.6 Å². The van der Waals surface area contributed by atoms with Crippen LogP contribution in [0.5, 0.6) is 0 Å². The van der Waals surface area contributed by atoms with E-state index in [1.807, 2.05) is 6.92 Å². The number of fused-ring (bicyclic) bond motifs is 2. The molecule has 3 aliphatic rings. The molecule has 24 heavy (non-hydrogen) atoms. The van der Waals surface area contributed by atoms with Crippen molar-refractivity contribution in [3.05, 3.63) is 12.2 Å². The number of hydrogen-bond acceptors (Lipinski definition) is 3. The van der Waals surface area contributed by atoms with Crippen molar-refractivity contribution in [2.75, 3.05) is 33.8 Å². The fourth-order valence-electron chi connectivity index (χ4n) is 4.28. The second-order valence-corrected chi connectivity index (χ2v) is 7.72. The predicted octanol–water partition coefficient (Wildman–Crippen LogP) is 1.14. The first-order chi connectivity index (χ1) is 11.4. The van der Waals surface area contributed by atoms with Gasteiger partial charge in [-0.2, -0.15) is 0 Å². The second-order valence-electron chi connectivity index (χ2n) is 7.72. The van der Waals surface area contributed by atoms with Crippen LogP contribution in [0.3, 0.4) is 0 Å². The topological polar surface area (TPSA) is 66.0 Å². The van der Waals surface area contributed by atoms with E-state index in [1.165, 1.54) is 19.3 Å². The van der Waals surface area contributed by atoms with Crippen LogP contribution in [0.4, 0.5) is 0 Å². The molecule has 3 atom stereocenters. The number of guanidine groups is 1. The predicted molar refractivity (Wildman–Crippen MR) is 94.9 cm³/mol. The molecule has 3 fully saturated rings. The summed E-state index contributed by atoms with van der Waals surface area (Å²) in [5.41, 5.74) is 1.33. The van der Waals surface area contributed by atoms with E-state index in [9.17, 15) is 4.79 Å². The van der Waals surface area contributed by atoms with Gasteiger partial charge in [-0.25, -0.2) is 4.99 Å². The van der Waals surface area contributed by atoms with E-state index in [-0.39, 0.29) is 12.5 Å². The first-order valence-electron chi connectivity index (χ1n) is 8.95. The summed E-state index contributed by atoms with van der Waals surface area (Å²) in [7, 11) is 3.50. The summed E-state index contributed by atoms with van der Waals surface area (Å²) in [5.74, 6) is 1.29. The summed E-state index contributed by atoms with van der Waals surface area (Å²) in [6, 6.07) is 0.407. The monoisotopic (exact) mass is 334 g/mol. The third kappa shape index (κ3) is 3.04. The maximum absolute atomic E-state index is 11.9. The lowest BCUT2D eigenvalue weighted by Gasteiger charge is -2.63. The van der Waals surface area contributed by atoms with Crippen molar-refractivity contribution in [2.24, 2.45) is 16.3 Å². The SMILES string of the molecule is C=C(C)CNC(=NCC(=O)N(C)C)NC1C2CCOC2C12CCC2. The molecular weight excluding hydrogens is 304 g/mol. The van der Waals surface area contributed by atoms with Gasteiger partial charge in [0.05, 0.1) is 6.10 Å². The average Bonchev–Trinajstić information content (AvgIpc) is 2.89. The molecule has 3 rings (SSSR count). The number of carbonyl (C=O) groups is 1. The largest absolute Gasteiger partial charge is 0.377 e. The highest BCUT2D eigenvalue weighted by molar-refractivity contribution is 5.85. The molecule has 1 heterocycles. The van der Waals surface area contributed by atoms with Crippen LogP contribution >= 0.6 is 0 Å². The molecule has 134 valence electrons. The Morgan fingerprint density at radius 3 is 2.75 bits per heavy atom. The number of hydrogen-bond donors (Lipinski definition) is 2. The van der Waals surface area contributed by atoms with Gasteiger partial charge in [-0.15, -0.1) is 0 Å². The Morgan fingerprint density at radius 1 is 1.42 bits per heavy atom. The van der Waals surface area contributed by atoms with Crippen molar-refractivity contribution in [2.45, 2.75) is 44.8 Å². The van der Waals surface area contributed by atoms with Crippen molar-refractivity contribution < 1.29 is 9.53 Å².